The van der Waals surface area contributed by atoms with Crippen molar-refractivity contribution >= 4 is 17.3 Å². The van der Waals surface area contributed by atoms with Crippen LogP contribution < -0.4 is 10.1 Å². The van der Waals surface area contributed by atoms with Gasteiger partial charge in [-0.05, 0) is 32.0 Å². The molecule has 1 N–H and O–H groups in total. The van der Waals surface area contributed by atoms with Crippen LogP contribution in [0.1, 0.15) is 13.8 Å². The van der Waals surface area contributed by atoms with E-state index in [0.29, 0.717) is 11.6 Å². The SMILES string of the molecule is CCOc1ccc(Cl)cc1NC(C)C(OC)OC. The van der Waals surface area contributed by atoms with Gasteiger partial charge in [-0.25, -0.2) is 0 Å². The summed E-state index contributed by atoms with van der Waals surface area (Å²) in [7, 11) is 3.21. The molecular weight excluding hydrogens is 254 g/mol. The van der Waals surface area contributed by atoms with Gasteiger partial charge in [-0.2, -0.15) is 0 Å². The fourth-order valence-corrected chi connectivity index (χ4v) is 1.89. The number of halogens is 1. The van der Waals surface area contributed by atoms with Crippen molar-refractivity contribution < 1.29 is 14.2 Å². The van der Waals surface area contributed by atoms with E-state index < -0.39 is 0 Å². The molecule has 1 rings (SSSR count). The first-order valence-electron chi connectivity index (χ1n) is 5.86. The normalized spacial score (nSPS) is 12.6. The van der Waals surface area contributed by atoms with Gasteiger partial charge in [0.05, 0.1) is 18.3 Å². The predicted molar refractivity (Wildman–Crippen MR) is 73.5 cm³/mol. The van der Waals surface area contributed by atoms with E-state index in [1.807, 2.05) is 26.0 Å². The van der Waals surface area contributed by atoms with Crippen molar-refractivity contribution in [1.82, 2.24) is 0 Å². The summed E-state index contributed by atoms with van der Waals surface area (Å²) < 4.78 is 15.9. The summed E-state index contributed by atoms with van der Waals surface area (Å²) in [4.78, 5) is 0. The zero-order chi connectivity index (χ0) is 13.5. The molecule has 18 heavy (non-hydrogen) atoms. The molecule has 0 aromatic heterocycles. The van der Waals surface area contributed by atoms with Crippen molar-refractivity contribution in [2.75, 3.05) is 26.1 Å². The summed E-state index contributed by atoms with van der Waals surface area (Å²) in [5.74, 6) is 0.764. The smallest absolute Gasteiger partial charge is 0.176 e. The van der Waals surface area contributed by atoms with E-state index in [2.05, 4.69) is 5.32 Å². The quantitative estimate of drug-likeness (QED) is 0.775. The van der Waals surface area contributed by atoms with Gasteiger partial charge in [-0.1, -0.05) is 11.6 Å². The summed E-state index contributed by atoms with van der Waals surface area (Å²) >= 11 is 5.99. The van der Waals surface area contributed by atoms with Gasteiger partial charge in [-0.3, -0.25) is 0 Å². The molecular formula is C13H20ClNO3. The first-order chi connectivity index (χ1) is 8.62. The number of hydrogen-bond acceptors (Lipinski definition) is 4. The van der Waals surface area contributed by atoms with Crippen molar-refractivity contribution in [2.45, 2.75) is 26.2 Å². The highest BCUT2D eigenvalue weighted by atomic mass is 35.5. The third kappa shape index (κ3) is 4.05. The molecule has 0 aliphatic rings. The first kappa shape index (κ1) is 15.1. The largest absolute Gasteiger partial charge is 0.492 e. The lowest BCUT2D eigenvalue weighted by Crippen LogP contribution is -2.33. The lowest BCUT2D eigenvalue weighted by atomic mass is 10.2. The molecule has 0 bridgehead atoms. The number of ether oxygens (including phenoxy) is 3. The van der Waals surface area contributed by atoms with Crippen LogP contribution in [0.5, 0.6) is 5.75 Å². The molecule has 0 saturated carbocycles. The summed E-state index contributed by atoms with van der Waals surface area (Å²) in [6.07, 6.45) is -0.335. The van der Waals surface area contributed by atoms with Gasteiger partial charge >= 0.3 is 0 Å². The zero-order valence-electron chi connectivity index (χ0n) is 11.2. The predicted octanol–water partition coefficient (Wildman–Crippen LogP) is 3.16. The number of benzene rings is 1. The molecule has 102 valence electrons. The molecule has 5 heteroatoms. The third-order valence-corrected chi connectivity index (χ3v) is 2.73. The van der Waals surface area contributed by atoms with Crippen LogP contribution in [-0.4, -0.2) is 33.2 Å². The highest BCUT2D eigenvalue weighted by Crippen LogP contribution is 2.29. The van der Waals surface area contributed by atoms with Crippen molar-refractivity contribution in [2.24, 2.45) is 0 Å². The Hall–Kier alpha value is -0.970. The average Bonchev–Trinajstić information content (AvgIpc) is 2.34. The van der Waals surface area contributed by atoms with Crippen molar-refractivity contribution in [3.63, 3.8) is 0 Å². The van der Waals surface area contributed by atoms with Gasteiger partial charge in [0.15, 0.2) is 6.29 Å². The van der Waals surface area contributed by atoms with Crippen LogP contribution in [0.25, 0.3) is 0 Å². The van der Waals surface area contributed by atoms with E-state index in [1.54, 1.807) is 20.3 Å². The number of anilines is 1. The van der Waals surface area contributed by atoms with Crippen molar-refractivity contribution in [3.8, 4) is 5.75 Å². The Morgan fingerprint density at radius 3 is 2.50 bits per heavy atom. The molecule has 0 saturated heterocycles. The Kier molecular flexibility index (Phi) is 6.25. The molecule has 1 aromatic rings. The summed E-state index contributed by atoms with van der Waals surface area (Å²) in [6.45, 7) is 4.51. The number of hydrogen-bond donors (Lipinski definition) is 1. The van der Waals surface area contributed by atoms with E-state index in [1.165, 1.54) is 0 Å². The molecule has 0 aliphatic carbocycles. The lowest BCUT2D eigenvalue weighted by Gasteiger charge is -2.24. The van der Waals surface area contributed by atoms with E-state index in [4.69, 9.17) is 25.8 Å². The fourth-order valence-electron chi connectivity index (χ4n) is 1.71. The maximum Gasteiger partial charge on any atom is 0.176 e. The molecule has 0 amide bonds. The van der Waals surface area contributed by atoms with E-state index >= 15 is 0 Å². The van der Waals surface area contributed by atoms with Gasteiger partial charge in [0.1, 0.15) is 5.75 Å². The number of nitrogens with one attached hydrogen (secondary N) is 1. The van der Waals surface area contributed by atoms with Gasteiger partial charge in [0.2, 0.25) is 0 Å². The first-order valence-corrected chi connectivity index (χ1v) is 6.24. The standard InChI is InChI=1S/C13H20ClNO3/c1-5-18-12-7-6-10(14)8-11(12)15-9(2)13(16-3)17-4/h6-9,13,15H,5H2,1-4H3. The lowest BCUT2D eigenvalue weighted by molar-refractivity contribution is -0.109. The molecule has 0 heterocycles. The second-order valence-corrected chi connectivity index (χ2v) is 4.28. The molecule has 0 fully saturated rings. The van der Waals surface area contributed by atoms with Crippen LogP contribution in [0.4, 0.5) is 5.69 Å². The Labute approximate surface area is 113 Å². The molecule has 0 aliphatic heterocycles. The molecule has 4 nitrogen and oxygen atoms in total. The van der Waals surface area contributed by atoms with Crippen LogP contribution in [-0.2, 0) is 9.47 Å². The maximum absolute atomic E-state index is 5.99. The molecule has 1 aromatic carbocycles. The van der Waals surface area contributed by atoms with Gasteiger partial charge < -0.3 is 19.5 Å². The van der Waals surface area contributed by atoms with Crippen LogP contribution in [0, 0.1) is 0 Å². The Bertz CT molecular complexity index is 369. The Morgan fingerprint density at radius 2 is 1.94 bits per heavy atom. The van der Waals surface area contributed by atoms with Gasteiger partial charge in [-0.15, -0.1) is 0 Å². The van der Waals surface area contributed by atoms with Crippen LogP contribution in [0.3, 0.4) is 0 Å². The van der Waals surface area contributed by atoms with Crippen LogP contribution in [0.15, 0.2) is 18.2 Å². The highest BCUT2D eigenvalue weighted by molar-refractivity contribution is 6.30. The number of rotatable bonds is 7. The number of methoxy groups -OCH3 is 2. The second-order valence-electron chi connectivity index (χ2n) is 3.85. The third-order valence-electron chi connectivity index (χ3n) is 2.50. The van der Waals surface area contributed by atoms with E-state index in [-0.39, 0.29) is 12.3 Å². The van der Waals surface area contributed by atoms with Crippen molar-refractivity contribution in [1.29, 1.82) is 0 Å². The molecule has 0 spiro atoms. The Balaban J connectivity index is 2.84. The monoisotopic (exact) mass is 273 g/mol. The van der Waals surface area contributed by atoms with Gasteiger partial charge in [0, 0.05) is 19.2 Å². The maximum atomic E-state index is 5.99. The minimum absolute atomic E-state index is 0.0299. The van der Waals surface area contributed by atoms with Crippen LogP contribution >= 0.6 is 11.6 Å². The zero-order valence-corrected chi connectivity index (χ0v) is 12.0. The summed E-state index contributed by atoms with van der Waals surface area (Å²) in [5, 5.41) is 3.93. The van der Waals surface area contributed by atoms with Crippen molar-refractivity contribution in [3.05, 3.63) is 23.2 Å². The second kappa shape index (κ2) is 7.46. The average molecular weight is 274 g/mol. The fraction of sp³-hybridized carbons (Fsp3) is 0.538. The van der Waals surface area contributed by atoms with Gasteiger partial charge in [0.25, 0.3) is 0 Å². The molecule has 1 unspecified atom stereocenters. The molecule has 1 atom stereocenters. The summed E-state index contributed by atoms with van der Waals surface area (Å²) in [5.41, 5.74) is 0.830. The minimum atomic E-state index is -0.335. The van der Waals surface area contributed by atoms with E-state index in [0.717, 1.165) is 11.4 Å². The van der Waals surface area contributed by atoms with Crippen LogP contribution in [0.2, 0.25) is 5.02 Å². The summed E-state index contributed by atoms with van der Waals surface area (Å²) in [6, 6.07) is 5.44. The highest BCUT2D eigenvalue weighted by Gasteiger charge is 2.17. The Morgan fingerprint density at radius 1 is 1.28 bits per heavy atom. The topological polar surface area (TPSA) is 39.7 Å². The minimum Gasteiger partial charge on any atom is -0.492 e. The molecule has 0 radical (unpaired) electrons. The van der Waals surface area contributed by atoms with E-state index in [9.17, 15) is 0 Å².